The van der Waals surface area contributed by atoms with Crippen LogP contribution in [-0.2, 0) is 9.84 Å². The first-order valence-corrected chi connectivity index (χ1v) is 7.69. The number of hydrogen-bond acceptors (Lipinski definition) is 5. The highest BCUT2D eigenvalue weighted by atomic mass is 32.2. The molecule has 6 heteroatoms. The molecule has 2 N–H and O–H groups in total. The summed E-state index contributed by atoms with van der Waals surface area (Å²) in [4.78, 5) is 0. The molecule has 0 saturated carbocycles. The molecule has 0 aromatic heterocycles. The van der Waals surface area contributed by atoms with Crippen LogP contribution in [0.1, 0.15) is 11.7 Å². The highest BCUT2D eigenvalue weighted by Gasteiger charge is 2.08. The third-order valence-corrected chi connectivity index (χ3v) is 3.43. The monoisotopic (exact) mass is 273 g/mol. The molecule has 0 saturated heterocycles. The Labute approximate surface area is 108 Å². The second-order valence-corrected chi connectivity index (χ2v) is 6.38. The van der Waals surface area contributed by atoms with Crippen LogP contribution in [0.4, 0.5) is 0 Å². The highest BCUT2D eigenvalue weighted by Crippen LogP contribution is 2.16. The van der Waals surface area contributed by atoms with Gasteiger partial charge in [-0.25, -0.2) is 8.42 Å². The summed E-state index contributed by atoms with van der Waals surface area (Å²) in [7, 11) is -1.37. The number of benzene rings is 1. The number of aliphatic hydroxyl groups excluding tert-OH is 1. The van der Waals surface area contributed by atoms with Gasteiger partial charge in [0, 0.05) is 19.3 Å². The van der Waals surface area contributed by atoms with Crippen molar-refractivity contribution in [3.8, 4) is 5.75 Å². The van der Waals surface area contributed by atoms with E-state index in [1.165, 1.54) is 6.26 Å². The number of hydrogen-bond donors (Lipinski definition) is 2. The zero-order valence-electron chi connectivity index (χ0n) is 10.6. The highest BCUT2D eigenvalue weighted by molar-refractivity contribution is 7.90. The first kappa shape index (κ1) is 14.9. The van der Waals surface area contributed by atoms with Gasteiger partial charge in [-0.3, -0.25) is 0 Å². The summed E-state index contributed by atoms with van der Waals surface area (Å²) in [5.41, 5.74) is 0.766. The number of methoxy groups -OCH3 is 1. The predicted molar refractivity (Wildman–Crippen MR) is 70.5 cm³/mol. The van der Waals surface area contributed by atoms with Crippen molar-refractivity contribution in [2.75, 3.05) is 32.2 Å². The van der Waals surface area contributed by atoms with Gasteiger partial charge in [-0.1, -0.05) is 12.1 Å². The molecule has 1 unspecified atom stereocenters. The van der Waals surface area contributed by atoms with Crippen molar-refractivity contribution in [3.05, 3.63) is 29.8 Å². The van der Waals surface area contributed by atoms with Crippen LogP contribution in [-0.4, -0.2) is 45.7 Å². The zero-order chi connectivity index (χ0) is 13.6. The SMILES string of the molecule is COc1ccc(C(O)CNCCS(C)(=O)=O)cc1. The lowest BCUT2D eigenvalue weighted by Gasteiger charge is -2.12. The van der Waals surface area contributed by atoms with Crippen molar-refractivity contribution >= 4 is 9.84 Å². The van der Waals surface area contributed by atoms with Crippen molar-refractivity contribution in [3.63, 3.8) is 0 Å². The molecule has 0 aliphatic rings. The number of aliphatic hydroxyl groups is 1. The molecule has 1 atom stereocenters. The van der Waals surface area contributed by atoms with Crippen LogP contribution < -0.4 is 10.1 Å². The van der Waals surface area contributed by atoms with Crippen LogP contribution in [0, 0.1) is 0 Å². The number of ether oxygens (including phenoxy) is 1. The van der Waals surface area contributed by atoms with Crippen molar-refractivity contribution in [1.29, 1.82) is 0 Å². The summed E-state index contributed by atoms with van der Waals surface area (Å²) in [5.74, 6) is 0.804. The third-order valence-electron chi connectivity index (χ3n) is 2.49. The number of nitrogens with one attached hydrogen (secondary N) is 1. The average molecular weight is 273 g/mol. The molecular formula is C12H19NO4S. The second-order valence-electron chi connectivity index (χ2n) is 4.12. The van der Waals surface area contributed by atoms with Gasteiger partial charge in [0.25, 0.3) is 0 Å². The summed E-state index contributed by atoms with van der Waals surface area (Å²) in [6.45, 7) is 0.661. The molecule has 0 spiro atoms. The van der Waals surface area contributed by atoms with Crippen LogP contribution in [0.5, 0.6) is 5.75 Å². The molecule has 0 heterocycles. The topological polar surface area (TPSA) is 75.6 Å². The standard InChI is InChI=1S/C12H19NO4S/c1-17-11-5-3-10(4-6-11)12(14)9-13-7-8-18(2,15)16/h3-6,12-14H,7-9H2,1-2H3. The van der Waals surface area contributed by atoms with Crippen molar-refractivity contribution in [1.82, 2.24) is 5.32 Å². The maximum atomic E-state index is 10.9. The Morgan fingerprint density at radius 2 is 1.94 bits per heavy atom. The van der Waals surface area contributed by atoms with E-state index in [9.17, 15) is 13.5 Å². The van der Waals surface area contributed by atoms with Gasteiger partial charge in [-0.2, -0.15) is 0 Å². The number of sulfone groups is 1. The van der Waals surface area contributed by atoms with Crippen LogP contribution in [0.3, 0.4) is 0 Å². The molecule has 0 bridgehead atoms. The number of rotatable bonds is 7. The van der Waals surface area contributed by atoms with Crippen molar-refractivity contribution in [2.24, 2.45) is 0 Å². The van der Waals surface area contributed by atoms with E-state index >= 15 is 0 Å². The van der Waals surface area contributed by atoms with E-state index in [-0.39, 0.29) is 5.75 Å². The Kier molecular flexibility index (Phi) is 5.58. The lowest BCUT2D eigenvalue weighted by molar-refractivity contribution is 0.175. The van der Waals surface area contributed by atoms with E-state index < -0.39 is 15.9 Å². The predicted octanol–water partition coefficient (Wildman–Crippen LogP) is 0.363. The van der Waals surface area contributed by atoms with Crippen LogP contribution in [0.15, 0.2) is 24.3 Å². The molecule has 1 aromatic carbocycles. The Bertz CT molecular complexity index is 455. The van der Waals surface area contributed by atoms with E-state index in [2.05, 4.69) is 5.32 Å². The van der Waals surface area contributed by atoms with E-state index in [4.69, 9.17) is 4.74 Å². The summed E-state index contributed by atoms with van der Waals surface area (Å²) < 4.78 is 26.8. The van der Waals surface area contributed by atoms with Crippen molar-refractivity contribution < 1.29 is 18.3 Å². The zero-order valence-corrected chi connectivity index (χ0v) is 11.4. The maximum Gasteiger partial charge on any atom is 0.148 e. The smallest absolute Gasteiger partial charge is 0.148 e. The Hall–Kier alpha value is -1.11. The fourth-order valence-corrected chi connectivity index (χ4v) is 1.96. The molecule has 18 heavy (non-hydrogen) atoms. The molecule has 5 nitrogen and oxygen atoms in total. The van der Waals surface area contributed by atoms with Gasteiger partial charge in [0.05, 0.1) is 19.0 Å². The van der Waals surface area contributed by atoms with Crippen LogP contribution in [0.2, 0.25) is 0 Å². The molecule has 102 valence electrons. The minimum absolute atomic E-state index is 0.0718. The van der Waals surface area contributed by atoms with E-state index in [0.717, 1.165) is 11.3 Å². The fourth-order valence-electron chi connectivity index (χ4n) is 1.44. The molecule has 0 fully saturated rings. The Morgan fingerprint density at radius 1 is 1.33 bits per heavy atom. The van der Waals surface area contributed by atoms with Crippen LogP contribution >= 0.6 is 0 Å². The normalized spacial score (nSPS) is 13.3. The molecule has 0 radical (unpaired) electrons. The van der Waals surface area contributed by atoms with Gasteiger partial charge >= 0.3 is 0 Å². The van der Waals surface area contributed by atoms with Gasteiger partial charge in [-0.05, 0) is 17.7 Å². The molecule has 1 rings (SSSR count). The maximum absolute atomic E-state index is 10.9. The first-order valence-electron chi connectivity index (χ1n) is 5.63. The molecular weight excluding hydrogens is 254 g/mol. The Morgan fingerprint density at radius 3 is 2.44 bits per heavy atom. The van der Waals surface area contributed by atoms with Gasteiger partial charge in [0.15, 0.2) is 0 Å². The fraction of sp³-hybridized carbons (Fsp3) is 0.500. The van der Waals surface area contributed by atoms with Crippen molar-refractivity contribution in [2.45, 2.75) is 6.10 Å². The molecule has 1 aromatic rings. The summed E-state index contributed by atoms with van der Waals surface area (Å²) in [5, 5.41) is 12.8. The largest absolute Gasteiger partial charge is 0.497 e. The Balaban J connectivity index is 2.38. The second kappa shape index (κ2) is 6.72. The minimum Gasteiger partial charge on any atom is -0.497 e. The quantitative estimate of drug-likeness (QED) is 0.702. The van der Waals surface area contributed by atoms with E-state index in [1.54, 1.807) is 31.4 Å². The average Bonchev–Trinajstić information content (AvgIpc) is 2.33. The van der Waals surface area contributed by atoms with Gasteiger partial charge in [0.1, 0.15) is 15.6 Å². The summed E-state index contributed by atoms with van der Waals surface area (Å²) in [6, 6.07) is 7.10. The lowest BCUT2D eigenvalue weighted by Crippen LogP contribution is -2.26. The minimum atomic E-state index is -2.96. The summed E-state index contributed by atoms with van der Waals surface area (Å²) >= 11 is 0. The van der Waals surface area contributed by atoms with Gasteiger partial charge < -0.3 is 15.2 Å². The first-order chi connectivity index (χ1) is 8.42. The summed E-state index contributed by atoms with van der Waals surface area (Å²) in [6.07, 6.45) is 0.532. The van der Waals surface area contributed by atoms with E-state index in [0.29, 0.717) is 13.1 Å². The van der Waals surface area contributed by atoms with Gasteiger partial charge in [-0.15, -0.1) is 0 Å². The van der Waals surface area contributed by atoms with E-state index in [1.807, 2.05) is 0 Å². The molecule has 0 aliphatic heterocycles. The molecule has 0 aliphatic carbocycles. The van der Waals surface area contributed by atoms with Gasteiger partial charge in [0.2, 0.25) is 0 Å². The lowest BCUT2D eigenvalue weighted by atomic mass is 10.1. The van der Waals surface area contributed by atoms with Crippen LogP contribution in [0.25, 0.3) is 0 Å². The third kappa shape index (κ3) is 5.48. The molecule has 0 amide bonds.